The Morgan fingerprint density at radius 3 is 2.69 bits per heavy atom. The Labute approximate surface area is 101 Å². The predicted molar refractivity (Wildman–Crippen MR) is 64.8 cm³/mol. The van der Waals surface area contributed by atoms with E-state index in [1.165, 1.54) is 6.26 Å². The first-order chi connectivity index (χ1) is 7.45. The molecule has 1 unspecified atom stereocenters. The second-order valence-electron chi connectivity index (χ2n) is 4.85. The van der Waals surface area contributed by atoms with E-state index in [1.807, 2.05) is 0 Å². The lowest BCUT2D eigenvalue weighted by molar-refractivity contribution is 0.0872. The van der Waals surface area contributed by atoms with Crippen LogP contribution in [-0.4, -0.2) is 17.8 Å². The summed E-state index contributed by atoms with van der Waals surface area (Å²) in [6.07, 6.45) is 2.24. The molecule has 1 N–H and O–H groups in total. The fourth-order valence-electron chi connectivity index (χ4n) is 1.47. The Kier molecular flexibility index (Phi) is 4.42. The Balaban J connectivity index is 2.66. The number of hydrogen-bond donors (Lipinski definition) is 1. The monoisotopic (exact) mass is 243 g/mol. The maximum Gasteiger partial charge on any atom is 0.287 e. The zero-order valence-electron chi connectivity index (χ0n) is 9.92. The van der Waals surface area contributed by atoms with E-state index in [0.717, 1.165) is 6.42 Å². The second kappa shape index (κ2) is 5.39. The van der Waals surface area contributed by atoms with Crippen LogP contribution >= 0.6 is 11.6 Å². The van der Waals surface area contributed by atoms with Crippen LogP contribution in [0.5, 0.6) is 0 Å². The number of furan rings is 1. The summed E-state index contributed by atoms with van der Waals surface area (Å²) < 4.78 is 5.04. The molecule has 0 bridgehead atoms. The van der Waals surface area contributed by atoms with Gasteiger partial charge in [0.25, 0.3) is 5.91 Å². The Morgan fingerprint density at radius 2 is 2.25 bits per heavy atom. The molecule has 16 heavy (non-hydrogen) atoms. The van der Waals surface area contributed by atoms with Crippen LogP contribution in [-0.2, 0) is 0 Å². The van der Waals surface area contributed by atoms with E-state index in [2.05, 4.69) is 26.1 Å². The number of hydrogen-bond acceptors (Lipinski definition) is 2. The molecule has 1 amide bonds. The largest absolute Gasteiger partial charge is 0.459 e. The van der Waals surface area contributed by atoms with Gasteiger partial charge in [0.05, 0.1) is 6.26 Å². The minimum Gasteiger partial charge on any atom is -0.459 e. The molecular weight excluding hydrogens is 226 g/mol. The minimum atomic E-state index is -0.185. The fourth-order valence-corrected chi connectivity index (χ4v) is 1.69. The lowest BCUT2D eigenvalue weighted by Gasteiger charge is -2.30. The summed E-state index contributed by atoms with van der Waals surface area (Å²) in [5.41, 5.74) is -0.0167. The molecule has 0 fully saturated rings. The Bertz CT molecular complexity index is 327. The maximum absolute atomic E-state index is 11.8. The van der Waals surface area contributed by atoms with Crippen LogP contribution < -0.4 is 5.32 Å². The van der Waals surface area contributed by atoms with Gasteiger partial charge in [-0.3, -0.25) is 4.79 Å². The number of carbonyl (C=O) groups excluding carboxylic acids is 1. The number of amides is 1. The number of nitrogens with one attached hydrogen (secondary N) is 1. The number of alkyl halides is 1. The number of carbonyl (C=O) groups is 1. The van der Waals surface area contributed by atoms with Crippen molar-refractivity contribution in [3.63, 3.8) is 0 Å². The fraction of sp³-hybridized carbons (Fsp3) is 0.583. The first-order valence-electron chi connectivity index (χ1n) is 5.35. The Hall–Kier alpha value is -0.960. The zero-order chi connectivity index (χ0) is 12.2. The third-order valence-electron chi connectivity index (χ3n) is 2.49. The highest BCUT2D eigenvalue weighted by molar-refractivity contribution is 6.17. The summed E-state index contributed by atoms with van der Waals surface area (Å²) in [4.78, 5) is 11.8. The minimum absolute atomic E-state index is 0.0167. The van der Waals surface area contributed by atoms with Crippen molar-refractivity contribution in [3.8, 4) is 0 Å². The van der Waals surface area contributed by atoms with Gasteiger partial charge in [0, 0.05) is 11.9 Å². The molecule has 0 aliphatic heterocycles. The van der Waals surface area contributed by atoms with Crippen LogP contribution in [0.2, 0.25) is 0 Å². The third-order valence-corrected chi connectivity index (χ3v) is 2.71. The van der Waals surface area contributed by atoms with Crippen LogP contribution in [0, 0.1) is 5.41 Å². The topological polar surface area (TPSA) is 42.2 Å². The summed E-state index contributed by atoms with van der Waals surface area (Å²) in [6, 6.07) is 3.39. The number of rotatable bonds is 4. The molecule has 0 saturated heterocycles. The molecule has 0 aromatic carbocycles. The molecule has 1 atom stereocenters. The first kappa shape index (κ1) is 13.1. The van der Waals surface area contributed by atoms with E-state index < -0.39 is 0 Å². The van der Waals surface area contributed by atoms with Gasteiger partial charge in [-0.05, 0) is 24.0 Å². The molecule has 1 heterocycles. The average molecular weight is 244 g/mol. The van der Waals surface area contributed by atoms with Crippen molar-refractivity contribution in [1.29, 1.82) is 0 Å². The van der Waals surface area contributed by atoms with Gasteiger partial charge in [0.2, 0.25) is 0 Å². The Morgan fingerprint density at radius 1 is 1.56 bits per heavy atom. The van der Waals surface area contributed by atoms with E-state index in [4.69, 9.17) is 16.0 Å². The molecule has 0 saturated carbocycles. The highest BCUT2D eigenvalue weighted by Gasteiger charge is 2.26. The molecule has 1 aromatic rings. The molecule has 1 aromatic heterocycles. The standard InChI is InChI=1S/C12H18ClNO2/c1-12(2,3)10(6-7-13)14-11(15)9-5-4-8-16-9/h4-5,8,10H,6-7H2,1-3H3,(H,14,15). The molecule has 0 radical (unpaired) electrons. The van der Waals surface area contributed by atoms with Gasteiger partial charge in [-0.1, -0.05) is 20.8 Å². The van der Waals surface area contributed by atoms with E-state index in [-0.39, 0.29) is 17.4 Å². The van der Waals surface area contributed by atoms with Gasteiger partial charge in [-0.15, -0.1) is 11.6 Å². The van der Waals surface area contributed by atoms with Gasteiger partial charge in [0.1, 0.15) is 0 Å². The van der Waals surface area contributed by atoms with Crippen molar-refractivity contribution in [3.05, 3.63) is 24.2 Å². The molecular formula is C12H18ClNO2. The number of halogens is 1. The van der Waals surface area contributed by atoms with Gasteiger partial charge in [0.15, 0.2) is 5.76 Å². The van der Waals surface area contributed by atoms with Gasteiger partial charge >= 0.3 is 0 Å². The average Bonchev–Trinajstić information content (AvgIpc) is 2.68. The highest BCUT2D eigenvalue weighted by atomic mass is 35.5. The summed E-state index contributed by atoms with van der Waals surface area (Å²) in [7, 11) is 0. The summed E-state index contributed by atoms with van der Waals surface area (Å²) in [5, 5.41) is 2.94. The highest BCUT2D eigenvalue weighted by Crippen LogP contribution is 2.22. The van der Waals surface area contributed by atoms with Crippen LogP contribution in [0.15, 0.2) is 22.8 Å². The smallest absolute Gasteiger partial charge is 0.287 e. The van der Waals surface area contributed by atoms with E-state index in [0.29, 0.717) is 11.6 Å². The SMILES string of the molecule is CC(C)(C)C(CCCl)NC(=O)c1ccco1. The molecule has 0 aliphatic rings. The predicted octanol–water partition coefficient (Wildman–Crippen LogP) is 3.05. The van der Waals surface area contributed by atoms with E-state index in [9.17, 15) is 4.79 Å². The summed E-state index contributed by atoms with van der Waals surface area (Å²) in [5.74, 6) is 0.680. The first-order valence-corrected chi connectivity index (χ1v) is 5.89. The van der Waals surface area contributed by atoms with E-state index in [1.54, 1.807) is 12.1 Å². The van der Waals surface area contributed by atoms with Gasteiger partial charge in [-0.2, -0.15) is 0 Å². The quantitative estimate of drug-likeness (QED) is 0.826. The van der Waals surface area contributed by atoms with Crippen molar-refractivity contribution < 1.29 is 9.21 Å². The molecule has 0 spiro atoms. The van der Waals surface area contributed by atoms with Crippen LogP contribution in [0.3, 0.4) is 0 Å². The maximum atomic E-state index is 11.8. The van der Waals surface area contributed by atoms with Crippen molar-refractivity contribution in [2.24, 2.45) is 5.41 Å². The van der Waals surface area contributed by atoms with E-state index >= 15 is 0 Å². The molecule has 0 aliphatic carbocycles. The van der Waals surface area contributed by atoms with Crippen molar-refractivity contribution in [1.82, 2.24) is 5.32 Å². The normalized spacial score (nSPS) is 13.5. The lowest BCUT2D eigenvalue weighted by atomic mass is 9.85. The third kappa shape index (κ3) is 3.56. The summed E-state index contributed by atoms with van der Waals surface area (Å²) >= 11 is 5.74. The zero-order valence-corrected chi connectivity index (χ0v) is 10.7. The van der Waals surface area contributed by atoms with Crippen LogP contribution in [0.1, 0.15) is 37.7 Å². The summed E-state index contributed by atoms with van der Waals surface area (Å²) in [6.45, 7) is 6.23. The van der Waals surface area contributed by atoms with Crippen molar-refractivity contribution in [2.45, 2.75) is 33.2 Å². The van der Waals surface area contributed by atoms with Crippen LogP contribution in [0.25, 0.3) is 0 Å². The van der Waals surface area contributed by atoms with Crippen molar-refractivity contribution in [2.75, 3.05) is 5.88 Å². The van der Waals surface area contributed by atoms with Gasteiger partial charge in [-0.25, -0.2) is 0 Å². The van der Waals surface area contributed by atoms with Crippen LogP contribution in [0.4, 0.5) is 0 Å². The lowest BCUT2D eigenvalue weighted by Crippen LogP contribution is -2.43. The molecule has 3 nitrogen and oxygen atoms in total. The van der Waals surface area contributed by atoms with Gasteiger partial charge < -0.3 is 9.73 Å². The van der Waals surface area contributed by atoms with Crippen molar-refractivity contribution >= 4 is 17.5 Å². The molecule has 4 heteroatoms. The molecule has 90 valence electrons. The molecule has 1 rings (SSSR count). The second-order valence-corrected chi connectivity index (χ2v) is 5.22.